The molecule has 1 fully saturated rings. The average Bonchev–Trinajstić information content (AvgIpc) is 3.34. The quantitative estimate of drug-likeness (QED) is 0.468. The molecule has 0 saturated carbocycles. The molecular weight excluding hydrogens is 506 g/mol. The third-order valence-corrected chi connectivity index (χ3v) is 8.55. The second-order valence-electron chi connectivity index (χ2n) is 12.6. The zero-order chi connectivity index (χ0) is 28.2. The maximum atomic E-state index is 14.4. The first-order chi connectivity index (χ1) is 19.1. The van der Waals surface area contributed by atoms with Gasteiger partial charge >= 0.3 is 6.03 Å². The van der Waals surface area contributed by atoms with Crippen molar-refractivity contribution in [2.24, 2.45) is 17.1 Å². The number of aromatic nitrogens is 2. The number of fused-ring (bicyclic) bond motifs is 4. The van der Waals surface area contributed by atoms with Gasteiger partial charge in [-0.05, 0) is 47.1 Å². The molecule has 2 unspecified atom stereocenters. The Kier molecular flexibility index (Phi) is 6.53. The predicted octanol–water partition coefficient (Wildman–Crippen LogP) is 2.74. The molecule has 10 nitrogen and oxygen atoms in total. The highest BCUT2D eigenvalue weighted by Crippen LogP contribution is 2.35. The first-order valence-corrected chi connectivity index (χ1v) is 14.0. The standard InChI is InChI=1S/C30H37N7O3/c1-30(2,3)17-36-15-22-18(8-9-24-21(22)14-32-34-24)12-20(28(36)39)26-16-35(10-11-37(26)29(31)40)25-13-19-6-4-5-7-23(19)33-27(25)38/h4-9,14,20,25-26H,10-13,15-17H2,1-3H3,(H2,31,40)(H,32,34)(H,33,38)/t20-,25?,26?/m1/s1. The van der Waals surface area contributed by atoms with Gasteiger partial charge in [-0.3, -0.25) is 19.6 Å². The molecule has 3 aliphatic rings. The molecule has 4 heterocycles. The Morgan fingerprint density at radius 2 is 1.88 bits per heavy atom. The van der Waals surface area contributed by atoms with Gasteiger partial charge in [0.15, 0.2) is 0 Å². The smallest absolute Gasteiger partial charge is 0.315 e. The van der Waals surface area contributed by atoms with Crippen molar-refractivity contribution in [2.75, 3.05) is 31.5 Å². The van der Waals surface area contributed by atoms with Crippen LogP contribution in [0.5, 0.6) is 0 Å². The van der Waals surface area contributed by atoms with Gasteiger partial charge in [0.05, 0.1) is 29.7 Å². The Hall–Kier alpha value is -3.92. The molecule has 0 bridgehead atoms. The number of primary amides is 1. The van der Waals surface area contributed by atoms with E-state index in [9.17, 15) is 14.4 Å². The largest absolute Gasteiger partial charge is 0.351 e. The van der Waals surface area contributed by atoms with Crippen molar-refractivity contribution in [3.63, 3.8) is 0 Å². The van der Waals surface area contributed by atoms with Gasteiger partial charge in [-0.15, -0.1) is 0 Å². The van der Waals surface area contributed by atoms with Crippen molar-refractivity contribution >= 4 is 34.4 Å². The first kappa shape index (κ1) is 26.3. The van der Waals surface area contributed by atoms with E-state index >= 15 is 0 Å². The summed E-state index contributed by atoms with van der Waals surface area (Å²) in [6.07, 6.45) is 2.89. The van der Waals surface area contributed by atoms with Crippen molar-refractivity contribution < 1.29 is 14.4 Å². The second kappa shape index (κ2) is 9.92. The SMILES string of the molecule is CC(C)(C)CN1Cc2c(ccc3[nH]ncc23)C[C@H](C2CN(C3Cc4ccccc4NC3=O)CCN2C(N)=O)C1=O. The van der Waals surface area contributed by atoms with Crippen LogP contribution in [0, 0.1) is 11.3 Å². The lowest BCUT2D eigenvalue weighted by Crippen LogP contribution is -2.64. The summed E-state index contributed by atoms with van der Waals surface area (Å²) in [5.74, 6) is -0.541. The number of para-hydroxylation sites is 1. The van der Waals surface area contributed by atoms with Gasteiger partial charge in [0, 0.05) is 43.8 Å². The van der Waals surface area contributed by atoms with Gasteiger partial charge in [0.25, 0.3) is 0 Å². The molecule has 0 spiro atoms. The zero-order valence-corrected chi connectivity index (χ0v) is 23.3. The van der Waals surface area contributed by atoms with Crippen LogP contribution in [0.1, 0.15) is 37.5 Å². The Labute approximate surface area is 233 Å². The van der Waals surface area contributed by atoms with Crippen molar-refractivity contribution in [2.45, 2.75) is 52.2 Å². The van der Waals surface area contributed by atoms with Gasteiger partial charge in [0.1, 0.15) is 0 Å². The molecule has 1 saturated heterocycles. The van der Waals surface area contributed by atoms with Gasteiger partial charge in [-0.2, -0.15) is 5.10 Å². The van der Waals surface area contributed by atoms with E-state index in [-0.39, 0.29) is 23.3 Å². The monoisotopic (exact) mass is 543 g/mol. The lowest BCUT2D eigenvalue weighted by atomic mass is 9.86. The number of amides is 4. The molecule has 4 N–H and O–H groups in total. The highest BCUT2D eigenvalue weighted by molar-refractivity contribution is 5.98. The number of nitrogens with zero attached hydrogens (tertiary/aromatic N) is 4. The van der Waals surface area contributed by atoms with Gasteiger partial charge in [-0.1, -0.05) is 45.0 Å². The fourth-order valence-electron chi connectivity index (χ4n) is 6.70. The van der Waals surface area contributed by atoms with E-state index in [2.05, 4.69) is 47.3 Å². The number of hydrogen-bond donors (Lipinski definition) is 3. The molecule has 1 aromatic heterocycles. The summed E-state index contributed by atoms with van der Waals surface area (Å²) < 4.78 is 0. The van der Waals surface area contributed by atoms with Crippen LogP contribution in [0.25, 0.3) is 10.9 Å². The minimum atomic E-state index is -0.534. The summed E-state index contributed by atoms with van der Waals surface area (Å²) in [4.78, 5) is 46.0. The molecule has 0 aliphatic carbocycles. The minimum absolute atomic E-state index is 0.0133. The normalized spacial score (nSPS) is 23.9. The number of hydrogen-bond acceptors (Lipinski definition) is 5. The fourth-order valence-corrected chi connectivity index (χ4v) is 6.70. The van der Waals surface area contributed by atoms with E-state index < -0.39 is 18.0 Å². The summed E-state index contributed by atoms with van der Waals surface area (Å²) in [5, 5.41) is 11.4. The summed E-state index contributed by atoms with van der Waals surface area (Å²) >= 11 is 0. The van der Waals surface area contributed by atoms with Gasteiger partial charge in [-0.25, -0.2) is 4.79 Å². The topological polar surface area (TPSA) is 128 Å². The average molecular weight is 544 g/mol. The van der Waals surface area contributed by atoms with E-state index in [0.717, 1.165) is 33.3 Å². The Bertz CT molecular complexity index is 1480. The van der Waals surface area contributed by atoms with Crippen molar-refractivity contribution in [3.8, 4) is 0 Å². The van der Waals surface area contributed by atoms with Crippen LogP contribution in [-0.4, -0.2) is 81.0 Å². The van der Waals surface area contributed by atoms with Crippen molar-refractivity contribution in [1.29, 1.82) is 0 Å². The van der Waals surface area contributed by atoms with Crippen LogP contribution in [0.3, 0.4) is 0 Å². The number of anilines is 1. The molecule has 3 aliphatic heterocycles. The first-order valence-electron chi connectivity index (χ1n) is 14.0. The molecule has 40 heavy (non-hydrogen) atoms. The summed E-state index contributed by atoms with van der Waals surface area (Å²) in [6, 6.07) is 10.5. The highest BCUT2D eigenvalue weighted by atomic mass is 16.2. The van der Waals surface area contributed by atoms with E-state index in [1.165, 1.54) is 0 Å². The lowest BCUT2D eigenvalue weighted by Gasteiger charge is -2.47. The summed E-state index contributed by atoms with van der Waals surface area (Å²) in [5.41, 5.74) is 10.8. The molecule has 210 valence electrons. The molecular formula is C30H37N7O3. The van der Waals surface area contributed by atoms with Crippen LogP contribution in [0.2, 0.25) is 0 Å². The number of H-pyrrole nitrogens is 1. The van der Waals surface area contributed by atoms with Crippen LogP contribution < -0.4 is 11.1 Å². The number of rotatable bonds is 3. The van der Waals surface area contributed by atoms with E-state index in [0.29, 0.717) is 45.6 Å². The van der Waals surface area contributed by atoms with E-state index in [1.54, 1.807) is 4.90 Å². The number of urea groups is 1. The minimum Gasteiger partial charge on any atom is -0.351 e. The van der Waals surface area contributed by atoms with Crippen LogP contribution >= 0.6 is 0 Å². The third-order valence-electron chi connectivity index (χ3n) is 8.55. The maximum Gasteiger partial charge on any atom is 0.315 e. The Morgan fingerprint density at radius 1 is 1.07 bits per heavy atom. The van der Waals surface area contributed by atoms with Crippen LogP contribution in [0.4, 0.5) is 10.5 Å². The molecule has 0 radical (unpaired) electrons. The summed E-state index contributed by atoms with van der Waals surface area (Å²) in [7, 11) is 0. The highest BCUT2D eigenvalue weighted by Gasteiger charge is 2.45. The summed E-state index contributed by atoms with van der Waals surface area (Å²) in [6.45, 7) is 8.69. The lowest BCUT2D eigenvalue weighted by molar-refractivity contribution is -0.140. The van der Waals surface area contributed by atoms with E-state index in [4.69, 9.17) is 5.73 Å². The number of piperazine rings is 1. The molecule has 3 aromatic rings. The molecule has 10 heteroatoms. The Balaban J connectivity index is 1.36. The van der Waals surface area contributed by atoms with Gasteiger partial charge < -0.3 is 20.9 Å². The fraction of sp³-hybridized carbons (Fsp3) is 0.467. The number of carbonyl (C=O) groups is 3. The number of benzene rings is 2. The maximum absolute atomic E-state index is 14.4. The zero-order valence-electron chi connectivity index (χ0n) is 23.3. The molecule has 4 amide bonds. The van der Waals surface area contributed by atoms with E-state index in [1.807, 2.05) is 41.4 Å². The van der Waals surface area contributed by atoms with Gasteiger partial charge in [0.2, 0.25) is 11.8 Å². The molecule has 3 atom stereocenters. The number of aromatic amines is 1. The van der Waals surface area contributed by atoms with Crippen LogP contribution in [-0.2, 0) is 29.0 Å². The predicted molar refractivity (Wildman–Crippen MR) is 152 cm³/mol. The van der Waals surface area contributed by atoms with Crippen LogP contribution in [0.15, 0.2) is 42.6 Å². The van der Waals surface area contributed by atoms with Crippen molar-refractivity contribution in [3.05, 3.63) is 59.3 Å². The number of nitrogens with one attached hydrogen (secondary N) is 2. The molecule has 6 rings (SSSR count). The molecule has 2 aromatic carbocycles. The number of nitrogens with two attached hydrogens (primary N) is 1. The third kappa shape index (κ3) is 4.81. The second-order valence-corrected chi connectivity index (χ2v) is 12.6. The number of carbonyl (C=O) groups excluding carboxylic acids is 3. The Morgan fingerprint density at radius 3 is 2.65 bits per heavy atom. The van der Waals surface area contributed by atoms with Crippen molar-refractivity contribution in [1.82, 2.24) is 24.9 Å².